The lowest BCUT2D eigenvalue weighted by Gasteiger charge is -2.25. The molecule has 0 radical (unpaired) electrons. The van der Waals surface area contributed by atoms with Crippen molar-refractivity contribution >= 4 is 40.6 Å². The number of para-hydroxylation sites is 1. The molecule has 0 bridgehead atoms. The molecule has 7 nitrogen and oxygen atoms in total. The topological polar surface area (TPSA) is 81.9 Å². The maximum absolute atomic E-state index is 14.1. The number of benzene rings is 4. The number of ether oxygens (including phenoxy) is 2. The average Bonchev–Trinajstić information content (AvgIpc) is 3.35. The Balaban J connectivity index is 1.38. The van der Waals surface area contributed by atoms with Crippen LogP contribution in [0.2, 0.25) is 5.02 Å². The van der Waals surface area contributed by atoms with E-state index >= 15 is 0 Å². The molecule has 1 atom stereocenters. The number of allylic oxidation sites excluding steroid dienone is 1. The summed E-state index contributed by atoms with van der Waals surface area (Å²) in [5.74, 6) is 0.382. The highest BCUT2D eigenvalue weighted by Gasteiger charge is 2.32. The number of anilines is 1. The van der Waals surface area contributed by atoms with Crippen LogP contribution >= 0.6 is 22.9 Å². The molecule has 0 spiro atoms. The molecule has 1 N–H and O–H groups in total. The Morgan fingerprint density at radius 1 is 1.00 bits per heavy atom. The van der Waals surface area contributed by atoms with Crippen LogP contribution in [-0.2, 0) is 11.4 Å². The Hall–Kier alpha value is -4.99. The number of halogens is 2. The third kappa shape index (κ3) is 6.66. The van der Waals surface area contributed by atoms with Gasteiger partial charge in [0.05, 0.1) is 28.5 Å². The van der Waals surface area contributed by atoms with E-state index in [9.17, 15) is 14.0 Å². The van der Waals surface area contributed by atoms with Crippen molar-refractivity contribution in [2.75, 3.05) is 11.9 Å². The molecule has 1 amide bonds. The molecule has 1 aliphatic rings. The van der Waals surface area contributed by atoms with E-state index in [1.165, 1.54) is 23.5 Å². The number of nitrogens with zero attached hydrogens (tertiary/aromatic N) is 2. The van der Waals surface area contributed by atoms with E-state index in [4.69, 9.17) is 26.1 Å². The van der Waals surface area contributed by atoms with Gasteiger partial charge in [0.15, 0.2) is 16.3 Å². The molecule has 2 heterocycles. The Kier molecular flexibility index (Phi) is 9.14. The number of rotatable bonds is 9. The van der Waals surface area contributed by atoms with Crippen LogP contribution in [0.25, 0.3) is 6.08 Å². The van der Waals surface area contributed by atoms with E-state index in [-0.39, 0.29) is 23.9 Å². The lowest BCUT2D eigenvalue weighted by atomic mass is 9.95. The van der Waals surface area contributed by atoms with E-state index in [1.54, 1.807) is 60.0 Å². The highest BCUT2D eigenvalue weighted by molar-refractivity contribution is 7.07. The molecular formula is C36H29ClFN3O4S. The fraction of sp³-hybridized carbons (Fsp3) is 0.139. The van der Waals surface area contributed by atoms with Crippen LogP contribution in [0.3, 0.4) is 0 Å². The number of carbonyl (C=O) groups is 1. The number of hydrogen-bond donors (Lipinski definition) is 1. The molecule has 46 heavy (non-hydrogen) atoms. The predicted octanol–water partition coefficient (Wildman–Crippen LogP) is 6.64. The zero-order valence-electron chi connectivity index (χ0n) is 25.0. The summed E-state index contributed by atoms with van der Waals surface area (Å²) in [6.07, 6.45) is 1.78. The Labute approximate surface area is 273 Å². The van der Waals surface area contributed by atoms with Crippen molar-refractivity contribution in [3.05, 3.63) is 156 Å². The van der Waals surface area contributed by atoms with Crippen LogP contribution in [-0.4, -0.2) is 17.1 Å². The molecule has 0 aliphatic carbocycles. The smallest absolute Gasteiger partial charge is 0.271 e. The molecule has 1 aromatic heterocycles. The largest absolute Gasteiger partial charge is 0.490 e. The van der Waals surface area contributed by atoms with Crippen LogP contribution in [0.15, 0.2) is 118 Å². The quantitative estimate of drug-likeness (QED) is 0.193. The second-order valence-corrected chi connectivity index (χ2v) is 12.0. The molecule has 0 fully saturated rings. The molecule has 4 aromatic carbocycles. The molecule has 1 aliphatic heterocycles. The molecule has 6 rings (SSSR count). The van der Waals surface area contributed by atoms with Crippen LogP contribution < -0.4 is 29.7 Å². The number of nitrogens with one attached hydrogen (secondary N) is 1. The van der Waals surface area contributed by atoms with Crippen LogP contribution in [0.1, 0.15) is 36.6 Å². The molecule has 10 heteroatoms. The van der Waals surface area contributed by atoms with Gasteiger partial charge in [0, 0.05) is 10.7 Å². The molecule has 232 valence electrons. The summed E-state index contributed by atoms with van der Waals surface area (Å²) in [4.78, 5) is 33.0. The predicted molar refractivity (Wildman–Crippen MR) is 179 cm³/mol. The average molecular weight is 654 g/mol. The standard InChI is InChI=1S/C36H29ClFN3O4S/c1-3-44-30-19-24(11-18-29(30)45-21-23-9-16-27(38)17-10-23)20-31-35(43)41-33(25-12-14-26(37)15-13-25)32(22(2)39-36(41)46-31)34(42)40-28-7-5-4-6-8-28/h4-20,33H,3,21H2,1-2H3,(H,40,42)/b31-20-/t33-/m0/s1. The maximum Gasteiger partial charge on any atom is 0.271 e. The Morgan fingerprint density at radius 3 is 2.46 bits per heavy atom. The van der Waals surface area contributed by atoms with Gasteiger partial charge in [-0.15, -0.1) is 0 Å². The SMILES string of the molecule is CCOc1cc(/C=c2\sc3n(c2=O)[C@@H](c2ccc(Cl)cc2)C(C(=O)Nc2ccccc2)=C(C)N=3)ccc1OCc1ccc(F)cc1. The van der Waals surface area contributed by atoms with Gasteiger partial charge in [-0.25, -0.2) is 9.38 Å². The van der Waals surface area contributed by atoms with Crippen LogP contribution in [0.5, 0.6) is 11.5 Å². The van der Waals surface area contributed by atoms with Gasteiger partial charge >= 0.3 is 0 Å². The number of fused-ring (bicyclic) bond motifs is 1. The van der Waals surface area contributed by atoms with Gasteiger partial charge in [-0.2, -0.15) is 0 Å². The summed E-state index contributed by atoms with van der Waals surface area (Å²) in [5, 5.41) is 3.50. The lowest BCUT2D eigenvalue weighted by Crippen LogP contribution is -2.40. The zero-order valence-corrected chi connectivity index (χ0v) is 26.6. The summed E-state index contributed by atoms with van der Waals surface area (Å²) in [5.41, 5.74) is 3.51. The summed E-state index contributed by atoms with van der Waals surface area (Å²) in [6, 6.07) is 27.1. The maximum atomic E-state index is 14.1. The normalized spacial score (nSPS) is 14.4. The van der Waals surface area contributed by atoms with Crippen LogP contribution in [0, 0.1) is 5.82 Å². The number of aromatic nitrogens is 1. The van der Waals surface area contributed by atoms with Gasteiger partial charge in [0.2, 0.25) is 0 Å². The Morgan fingerprint density at radius 2 is 1.74 bits per heavy atom. The highest BCUT2D eigenvalue weighted by atomic mass is 35.5. The minimum Gasteiger partial charge on any atom is -0.490 e. The molecular weight excluding hydrogens is 625 g/mol. The van der Waals surface area contributed by atoms with Gasteiger partial charge in [0.1, 0.15) is 12.4 Å². The first-order valence-corrected chi connectivity index (χ1v) is 15.8. The minimum atomic E-state index is -0.722. The summed E-state index contributed by atoms with van der Waals surface area (Å²) in [6.45, 7) is 4.30. The van der Waals surface area contributed by atoms with Crippen molar-refractivity contribution in [1.82, 2.24) is 4.57 Å². The van der Waals surface area contributed by atoms with Crippen molar-refractivity contribution in [2.24, 2.45) is 4.99 Å². The fourth-order valence-electron chi connectivity index (χ4n) is 5.19. The first-order valence-electron chi connectivity index (χ1n) is 14.6. The van der Waals surface area contributed by atoms with Crippen LogP contribution in [0.4, 0.5) is 10.1 Å². The van der Waals surface area contributed by atoms with Gasteiger partial charge in [-0.3, -0.25) is 14.2 Å². The monoisotopic (exact) mass is 653 g/mol. The van der Waals surface area contributed by atoms with Crippen molar-refractivity contribution in [3.8, 4) is 11.5 Å². The van der Waals surface area contributed by atoms with E-state index < -0.39 is 6.04 Å². The van der Waals surface area contributed by atoms with E-state index in [1.807, 2.05) is 49.4 Å². The number of hydrogen-bond acceptors (Lipinski definition) is 6. The molecule has 0 saturated carbocycles. The fourth-order valence-corrected chi connectivity index (χ4v) is 6.36. The number of carbonyl (C=O) groups excluding carboxylic acids is 1. The minimum absolute atomic E-state index is 0.239. The third-order valence-corrected chi connectivity index (χ3v) is 8.59. The van der Waals surface area contributed by atoms with E-state index in [0.717, 1.165) is 16.7 Å². The van der Waals surface area contributed by atoms with Crippen molar-refractivity contribution < 1.29 is 18.7 Å². The van der Waals surface area contributed by atoms with Gasteiger partial charge in [0.25, 0.3) is 11.5 Å². The van der Waals surface area contributed by atoms with Crippen molar-refractivity contribution in [1.29, 1.82) is 0 Å². The molecule has 0 saturated heterocycles. The number of amides is 1. The van der Waals surface area contributed by atoms with Gasteiger partial charge in [-0.05, 0) is 85.1 Å². The first kappa shape index (κ1) is 31.0. The molecule has 0 unspecified atom stereocenters. The first-order chi connectivity index (χ1) is 22.3. The zero-order chi connectivity index (χ0) is 32.2. The lowest BCUT2D eigenvalue weighted by molar-refractivity contribution is -0.113. The summed E-state index contributed by atoms with van der Waals surface area (Å²) in [7, 11) is 0. The van der Waals surface area contributed by atoms with Crippen molar-refractivity contribution in [3.63, 3.8) is 0 Å². The summed E-state index contributed by atoms with van der Waals surface area (Å²) < 4.78 is 27.1. The van der Waals surface area contributed by atoms with Gasteiger partial charge in [-0.1, -0.05) is 71.5 Å². The second-order valence-electron chi connectivity index (χ2n) is 10.5. The van der Waals surface area contributed by atoms with Crippen molar-refractivity contribution in [2.45, 2.75) is 26.5 Å². The highest BCUT2D eigenvalue weighted by Crippen LogP contribution is 2.32. The third-order valence-electron chi connectivity index (χ3n) is 7.36. The second kappa shape index (κ2) is 13.6. The van der Waals surface area contributed by atoms with E-state index in [2.05, 4.69) is 5.32 Å². The summed E-state index contributed by atoms with van der Waals surface area (Å²) >= 11 is 7.45. The molecule has 5 aromatic rings. The Bertz CT molecular complexity index is 2110. The number of thiazole rings is 1. The van der Waals surface area contributed by atoms with Gasteiger partial charge < -0.3 is 14.8 Å². The van der Waals surface area contributed by atoms with E-state index in [0.29, 0.717) is 49.4 Å².